The molecule has 0 heterocycles. The molecule has 0 unspecified atom stereocenters. The van der Waals surface area contributed by atoms with Crippen LogP contribution in [0.15, 0.2) is 0 Å². The monoisotopic (exact) mass is 198 g/mol. The van der Waals surface area contributed by atoms with E-state index in [9.17, 15) is 4.79 Å². The Kier molecular flexibility index (Phi) is 3.93. The summed E-state index contributed by atoms with van der Waals surface area (Å²) in [5.74, 6) is 0.539. The number of nitrogens with one attached hydrogen (secondary N) is 1. The van der Waals surface area contributed by atoms with E-state index < -0.39 is 5.54 Å². The summed E-state index contributed by atoms with van der Waals surface area (Å²) in [4.78, 5) is 11.8. The highest BCUT2D eigenvalue weighted by molar-refractivity contribution is 5.86. The Morgan fingerprint density at radius 2 is 1.93 bits per heavy atom. The molecular weight excluding hydrogens is 176 g/mol. The standard InChI is InChI=1S/C11H22N2O/c1-9(2)8-13-10(14)11(12)6-4-3-5-7-11/h9H,3-8,12H2,1-2H3,(H,13,14). The van der Waals surface area contributed by atoms with Gasteiger partial charge in [0.25, 0.3) is 0 Å². The van der Waals surface area contributed by atoms with Crippen LogP contribution in [-0.4, -0.2) is 18.0 Å². The van der Waals surface area contributed by atoms with Crippen molar-refractivity contribution < 1.29 is 4.79 Å². The Morgan fingerprint density at radius 1 is 1.36 bits per heavy atom. The molecule has 0 aromatic carbocycles. The van der Waals surface area contributed by atoms with Crippen molar-refractivity contribution in [3.05, 3.63) is 0 Å². The van der Waals surface area contributed by atoms with Crippen molar-refractivity contribution in [2.45, 2.75) is 51.5 Å². The van der Waals surface area contributed by atoms with E-state index >= 15 is 0 Å². The topological polar surface area (TPSA) is 55.1 Å². The first kappa shape index (κ1) is 11.5. The average Bonchev–Trinajstić information content (AvgIpc) is 2.15. The van der Waals surface area contributed by atoms with E-state index in [-0.39, 0.29) is 5.91 Å². The molecule has 1 aliphatic rings. The van der Waals surface area contributed by atoms with Gasteiger partial charge in [0.05, 0.1) is 5.54 Å². The molecule has 0 aromatic rings. The summed E-state index contributed by atoms with van der Waals surface area (Å²) in [5.41, 5.74) is 5.50. The van der Waals surface area contributed by atoms with E-state index in [4.69, 9.17) is 5.73 Å². The third-order valence-electron chi connectivity index (χ3n) is 2.87. The Bertz CT molecular complexity index is 195. The van der Waals surface area contributed by atoms with Gasteiger partial charge in [-0.2, -0.15) is 0 Å². The van der Waals surface area contributed by atoms with Crippen LogP contribution in [0.1, 0.15) is 46.0 Å². The molecular formula is C11H22N2O. The van der Waals surface area contributed by atoms with Gasteiger partial charge in [-0.3, -0.25) is 4.79 Å². The zero-order chi connectivity index (χ0) is 10.6. The van der Waals surface area contributed by atoms with Crippen LogP contribution < -0.4 is 11.1 Å². The van der Waals surface area contributed by atoms with Crippen LogP contribution in [0.5, 0.6) is 0 Å². The van der Waals surface area contributed by atoms with Crippen molar-refractivity contribution in [2.24, 2.45) is 11.7 Å². The Balaban J connectivity index is 2.41. The number of carbonyl (C=O) groups is 1. The van der Waals surface area contributed by atoms with E-state index in [1.165, 1.54) is 6.42 Å². The first-order chi connectivity index (χ1) is 6.54. The van der Waals surface area contributed by atoms with E-state index in [2.05, 4.69) is 19.2 Å². The number of hydrogen-bond acceptors (Lipinski definition) is 2. The van der Waals surface area contributed by atoms with E-state index in [1.54, 1.807) is 0 Å². The molecule has 0 saturated heterocycles. The van der Waals surface area contributed by atoms with Crippen LogP contribution in [0.3, 0.4) is 0 Å². The van der Waals surface area contributed by atoms with Gasteiger partial charge < -0.3 is 11.1 Å². The molecule has 3 nitrogen and oxygen atoms in total. The highest BCUT2D eigenvalue weighted by Crippen LogP contribution is 2.25. The summed E-state index contributed by atoms with van der Waals surface area (Å²) in [6.45, 7) is 4.91. The largest absolute Gasteiger partial charge is 0.354 e. The van der Waals surface area contributed by atoms with Gasteiger partial charge in [0, 0.05) is 6.54 Å². The predicted octanol–water partition coefficient (Wildman–Crippen LogP) is 1.42. The molecule has 0 radical (unpaired) electrons. The summed E-state index contributed by atoms with van der Waals surface area (Å²) >= 11 is 0. The lowest BCUT2D eigenvalue weighted by Gasteiger charge is -2.32. The number of nitrogens with two attached hydrogens (primary N) is 1. The Morgan fingerprint density at radius 3 is 2.43 bits per heavy atom. The zero-order valence-electron chi connectivity index (χ0n) is 9.31. The molecule has 3 N–H and O–H groups in total. The fourth-order valence-electron chi connectivity index (χ4n) is 1.88. The molecule has 14 heavy (non-hydrogen) atoms. The normalized spacial score (nSPS) is 20.9. The number of hydrogen-bond donors (Lipinski definition) is 2. The molecule has 3 heteroatoms. The van der Waals surface area contributed by atoms with E-state index in [0.717, 1.165) is 32.2 Å². The fraction of sp³-hybridized carbons (Fsp3) is 0.909. The molecule has 0 atom stereocenters. The minimum absolute atomic E-state index is 0.0471. The maximum Gasteiger partial charge on any atom is 0.240 e. The minimum Gasteiger partial charge on any atom is -0.354 e. The third kappa shape index (κ3) is 2.98. The average molecular weight is 198 g/mol. The lowest BCUT2D eigenvalue weighted by atomic mass is 9.82. The molecule has 1 rings (SSSR count). The van der Waals surface area contributed by atoms with Crippen molar-refractivity contribution >= 4 is 5.91 Å². The second kappa shape index (κ2) is 4.78. The molecule has 0 aliphatic heterocycles. The van der Waals surface area contributed by atoms with Gasteiger partial charge in [-0.25, -0.2) is 0 Å². The van der Waals surface area contributed by atoms with Crippen molar-refractivity contribution in [2.75, 3.05) is 6.54 Å². The first-order valence-electron chi connectivity index (χ1n) is 5.62. The molecule has 0 spiro atoms. The van der Waals surface area contributed by atoms with Gasteiger partial charge >= 0.3 is 0 Å². The fourth-order valence-corrected chi connectivity index (χ4v) is 1.88. The number of rotatable bonds is 3. The van der Waals surface area contributed by atoms with Gasteiger partial charge in [-0.1, -0.05) is 33.1 Å². The number of amides is 1. The second-order valence-corrected chi connectivity index (χ2v) is 4.82. The summed E-state index contributed by atoms with van der Waals surface area (Å²) in [5, 5.41) is 2.93. The number of carbonyl (C=O) groups excluding carboxylic acids is 1. The third-order valence-corrected chi connectivity index (χ3v) is 2.87. The van der Waals surface area contributed by atoms with E-state index in [1.807, 2.05) is 0 Å². The van der Waals surface area contributed by atoms with Crippen LogP contribution in [-0.2, 0) is 4.79 Å². The summed E-state index contributed by atoms with van der Waals surface area (Å²) in [6, 6.07) is 0. The summed E-state index contributed by atoms with van der Waals surface area (Å²) in [6.07, 6.45) is 5.08. The lowest BCUT2D eigenvalue weighted by Crippen LogP contribution is -2.55. The molecule has 1 fully saturated rings. The van der Waals surface area contributed by atoms with E-state index in [0.29, 0.717) is 5.92 Å². The van der Waals surface area contributed by atoms with Crippen molar-refractivity contribution in [3.8, 4) is 0 Å². The highest BCUT2D eigenvalue weighted by atomic mass is 16.2. The van der Waals surface area contributed by atoms with Crippen LogP contribution in [0.2, 0.25) is 0 Å². The molecule has 82 valence electrons. The maximum absolute atomic E-state index is 11.8. The Hall–Kier alpha value is -0.570. The minimum atomic E-state index is -0.576. The summed E-state index contributed by atoms with van der Waals surface area (Å²) in [7, 11) is 0. The van der Waals surface area contributed by atoms with Gasteiger partial charge in [-0.15, -0.1) is 0 Å². The second-order valence-electron chi connectivity index (χ2n) is 4.82. The van der Waals surface area contributed by atoms with Crippen LogP contribution in [0.4, 0.5) is 0 Å². The quantitative estimate of drug-likeness (QED) is 0.720. The summed E-state index contributed by atoms with van der Waals surface area (Å²) < 4.78 is 0. The van der Waals surface area contributed by atoms with Crippen LogP contribution in [0, 0.1) is 5.92 Å². The van der Waals surface area contributed by atoms with Gasteiger partial charge in [0.1, 0.15) is 0 Å². The van der Waals surface area contributed by atoms with Gasteiger partial charge in [0.2, 0.25) is 5.91 Å². The maximum atomic E-state index is 11.8. The Labute approximate surface area is 86.4 Å². The predicted molar refractivity (Wildman–Crippen MR) is 57.9 cm³/mol. The van der Waals surface area contributed by atoms with Crippen molar-refractivity contribution in [3.63, 3.8) is 0 Å². The van der Waals surface area contributed by atoms with Crippen LogP contribution >= 0.6 is 0 Å². The van der Waals surface area contributed by atoms with Gasteiger partial charge in [-0.05, 0) is 18.8 Å². The smallest absolute Gasteiger partial charge is 0.240 e. The molecule has 1 amide bonds. The lowest BCUT2D eigenvalue weighted by molar-refractivity contribution is -0.127. The van der Waals surface area contributed by atoms with Crippen molar-refractivity contribution in [1.82, 2.24) is 5.32 Å². The molecule has 1 saturated carbocycles. The first-order valence-corrected chi connectivity index (χ1v) is 5.62. The molecule has 0 aromatic heterocycles. The zero-order valence-corrected chi connectivity index (χ0v) is 9.31. The van der Waals surface area contributed by atoms with Crippen molar-refractivity contribution in [1.29, 1.82) is 0 Å². The molecule has 0 bridgehead atoms. The van der Waals surface area contributed by atoms with Crippen LogP contribution in [0.25, 0.3) is 0 Å². The molecule has 1 aliphatic carbocycles. The highest BCUT2D eigenvalue weighted by Gasteiger charge is 2.34. The van der Waals surface area contributed by atoms with Gasteiger partial charge in [0.15, 0.2) is 0 Å². The SMILES string of the molecule is CC(C)CNC(=O)C1(N)CCCCC1.